The first-order valence-electron chi connectivity index (χ1n) is 8.53. The smallest absolute Gasteiger partial charge is 0.260 e. The lowest BCUT2D eigenvalue weighted by molar-refractivity contribution is -0.135. The van der Waals surface area contributed by atoms with Gasteiger partial charge in [0.2, 0.25) is 0 Å². The largest absolute Gasteiger partial charge is 0.483 e. The molecular weight excluding hydrogens is 290 g/mol. The monoisotopic (exact) mass is 319 g/mol. The summed E-state index contributed by atoms with van der Waals surface area (Å²) >= 11 is 0. The Morgan fingerprint density at radius 2 is 1.91 bits per heavy atom. The molecule has 0 aromatic heterocycles. The number of hydrogen-bond acceptors (Lipinski definition) is 4. The van der Waals surface area contributed by atoms with Crippen LogP contribution in [0.3, 0.4) is 0 Å². The molecule has 2 N–H and O–H groups in total. The van der Waals surface area contributed by atoms with E-state index in [4.69, 9.17) is 10.5 Å². The number of rotatable bonds is 7. The van der Waals surface area contributed by atoms with Crippen molar-refractivity contribution in [3.63, 3.8) is 0 Å². The number of carbonyl (C=O) groups is 1. The van der Waals surface area contributed by atoms with Gasteiger partial charge in [0.15, 0.2) is 6.61 Å². The quantitative estimate of drug-likeness (QED) is 0.831. The molecule has 128 valence electrons. The maximum absolute atomic E-state index is 12.3. The van der Waals surface area contributed by atoms with Gasteiger partial charge in [-0.15, -0.1) is 0 Å². The number of benzene rings is 1. The number of ether oxygens (including phenoxy) is 1. The molecule has 0 unspecified atom stereocenters. The van der Waals surface area contributed by atoms with E-state index >= 15 is 0 Å². The van der Waals surface area contributed by atoms with Gasteiger partial charge in [-0.2, -0.15) is 0 Å². The summed E-state index contributed by atoms with van der Waals surface area (Å²) in [4.78, 5) is 16.6. The highest BCUT2D eigenvalue weighted by Gasteiger charge is 2.21. The molecule has 2 rings (SSSR count). The summed E-state index contributed by atoms with van der Waals surface area (Å²) in [5.41, 5.74) is 6.69. The Morgan fingerprint density at radius 3 is 2.57 bits per heavy atom. The number of nitrogens with zero attached hydrogens (tertiary/aromatic N) is 2. The van der Waals surface area contributed by atoms with Gasteiger partial charge in [0.1, 0.15) is 5.75 Å². The second-order valence-electron chi connectivity index (χ2n) is 6.35. The van der Waals surface area contributed by atoms with Crippen molar-refractivity contribution < 1.29 is 9.53 Å². The first-order valence-corrected chi connectivity index (χ1v) is 8.53. The van der Waals surface area contributed by atoms with Crippen molar-refractivity contribution in [1.82, 2.24) is 9.80 Å². The summed E-state index contributed by atoms with van der Waals surface area (Å²) in [5.74, 6) is 1.27. The Bertz CT molecular complexity index is 497. The SMILES string of the molecule is CC(C)c1ccccc1OCC(=O)N1CCN(CCCN)CC1. The fourth-order valence-electron chi connectivity index (χ4n) is 2.86. The molecule has 1 fully saturated rings. The average Bonchev–Trinajstić information content (AvgIpc) is 2.58. The van der Waals surface area contributed by atoms with Crippen LogP contribution < -0.4 is 10.5 Å². The van der Waals surface area contributed by atoms with Gasteiger partial charge in [0.25, 0.3) is 5.91 Å². The van der Waals surface area contributed by atoms with Crippen molar-refractivity contribution in [2.75, 3.05) is 45.9 Å². The number of para-hydroxylation sites is 1. The van der Waals surface area contributed by atoms with Crippen molar-refractivity contribution in [3.8, 4) is 5.75 Å². The molecule has 0 bridgehead atoms. The van der Waals surface area contributed by atoms with Crippen molar-refractivity contribution in [2.45, 2.75) is 26.2 Å². The summed E-state index contributed by atoms with van der Waals surface area (Å²) in [6.45, 7) is 9.53. The third-order valence-corrected chi connectivity index (χ3v) is 4.30. The zero-order valence-electron chi connectivity index (χ0n) is 14.3. The molecule has 1 aliphatic rings. The van der Waals surface area contributed by atoms with Crippen LogP contribution in [0.25, 0.3) is 0 Å². The van der Waals surface area contributed by atoms with Crippen LogP contribution in [0, 0.1) is 0 Å². The molecule has 1 aromatic carbocycles. The van der Waals surface area contributed by atoms with E-state index in [0.29, 0.717) is 5.92 Å². The lowest BCUT2D eigenvalue weighted by atomic mass is 10.0. The number of hydrogen-bond donors (Lipinski definition) is 1. The molecule has 1 amide bonds. The van der Waals surface area contributed by atoms with E-state index in [1.165, 1.54) is 0 Å². The maximum Gasteiger partial charge on any atom is 0.260 e. The van der Waals surface area contributed by atoms with Crippen LogP contribution in [-0.2, 0) is 4.79 Å². The van der Waals surface area contributed by atoms with Crippen LogP contribution >= 0.6 is 0 Å². The van der Waals surface area contributed by atoms with Gasteiger partial charge in [0.05, 0.1) is 0 Å². The highest BCUT2D eigenvalue weighted by atomic mass is 16.5. The number of amides is 1. The fourth-order valence-corrected chi connectivity index (χ4v) is 2.86. The van der Waals surface area contributed by atoms with Gasteiger partial charge < -0.3 is 15.4 Å². The van der Waals surface area contributed by atoms with Crippen molar-refractivity contribution in [2.24, 2.45) is 5.73 Å². The van der Waals surface area contributed by atoms with Crippen LogP contribution in [-0.4, -0.2) is 61.6 Å². The van der Waals surface area contributed by atoms with Crippen molar-refractivity contribution in [3.05, 3.63) is 29.8 Å². The molecule has 5 nitrogen and oxygen atoms in total. The summed E-state index contributed by atoms with van der Waals surface area (Å²) < 4.78 is 5.78. The molecule has 1 aliphatic heterocycles. The second-order valence-corrected chi connectivity index (χ2v) is 6.35. The Morgan fingerprint density at radius 1 is 1.22 bits per heavy atom. The minimum Gasteiger partial charge on any atom is -0.483 e. The summed E-state index contributed by atoms with van der Waals surface area (Å²) in [7, 11) is 0. The molecule has 1 saturated heterocycles. The molecule has 1 aromatic rings. The van der Waals surface area contributed by atoms with Crippen LogP contribution in [0.2, 0.25) is 0 Å². The van der Waals surface area contributed by atoms with E-state index in [2.05, 4.69) is 24.8 Å². The van der Waals surface area contributed by atoms with E-state index in [0.717, 1.165) is 57.0 Å². The Balaban J connectivity index is 1.80. The van der Waals surface area contributed by atoms with Crippen LogP contribution in [0.4, 0.5) is 0 Å². The zero-order valence-corrected chi connectivity index (χ0v) is 14.3. The van der Waals surface area contributed by atoms with Crippen molar-refractivity contribution >= 4 is 5.91 Å². The number of carbonyl (C=O) groups excluding carboxylic acids is 1. The van der Waals surface area contributed by atoms with E-state index in [9.17, 15) is 4.79 Å². The lowest BCUT2D eigenvalue weighted by Crippen LogP contribution is -2.50. The highest BCUT2D eigenvalue weighted by molar-refractivity contribution is 5.78. The van der Waals surface area contributed by atoms with E-state index in [1.54, 1.807) is 0 Å². The van der Waals surface area contributed by atoms with Crippen LogP contribution in [0.1, 0.15) is 31.7 Å². The van der Waals surface area contributed by atoms with E-state index < -0.39 is 0 Å². The molecule has 0 aliphatic carbocycles. The minimum atomic E-state index is 0.0713. The maximum atomic E-state index is 12.3. The van der Waals surface area contributed by atoms with Gasteiger partial charge in [-0.05, 0) is 37.1 Å². The standard InChI is InChI=1S/C18H29N3O2/c1-15(2)16-6-3-4-7-17(16)23-14-18(22)21-12-10-20(11-13-21)9-5-8-19/h3-4,6-7,15H,5,8-14,19H2,1-2H3. The van der Waals surface area contributed by atoms with Gasteiger partial charge in [-0.25, -0.2) is 0 Å². The molecular formula is C18H29N3O2. The third kappa shape index (κ3) is 5.22. The summed E-state index contributed by atoms with van der Waals surface area (Å²) in [6, 6.07) is 7.94. The highest BCUT2D eigenvalue weighted by Crippen LogP contribution is 2.25. The Hall–Kier alpha value is -1.59. The van der Waals surface area contributed by atoms with Crippen LogP contribution in [0.15, 0.2) is 24.3 Å². The first kappa shape index (κ1) is 17.8. The predicted octanol–water partition coefficient (Wildman–Crippen LogP) is 1.68. The van der Waals surface area contributed by atoms with Crippen molar-refractivity contribution in [1.29, 1.82) is 0 Å². The van der Waals surface area contributed by atoms with Gasteiger partial charge in [-0.3, -0.25) is 9.69 Å². The van der Waals surface area contributed by atoms with Gasteiger partial charge in [-0.1, -0.05) is 32.0 Å². The molecule has 1 heterocycles. The Kier molecular flexibility index (Phi) is 6.86. The number of nitrogens with two attached hydrogens (primary N) is 1. The van der Waals surface area contributed by atoms with E-state index in [1.807, 2.05) is 23.1 Å². The summed E-state index contributed by atoms with van der Waals surface area (Å²) in [6.07, 6.45) is 1.02. The third-order valence-electron chi connectivity index (χ3n) is 4.30. The van der Waals surface area contributed by atoms with Gasteiger partial charge in [0, 0.05) is 26.2 Å². The second kappa shape index (κ2) is 8.89. The topological polar surface area (TPSA) is 58.8 Å². The minimum absolute atomic E-state index is 0.0713. The van der Waals surface area contributed by atoms with E-state index in [-0.39, 0.29) is 12.5 Å². The number of piperazine rings is 1. The molecule has 23 heavy (non-hydrogen) atoms. The average molecular weight is 319 g/mol. The van der Waals surface area contributed by atoms with Gasteiger partial charge >= 0.3 is 0 Å². The lowest BCUT2D eigenvalue weighted by Gasteiger charge is -2.34. The first-order chi connectivity index (χ1) is 11.1. The molecule has 5 heteroatoms. The van der Waals surface area contributed by atoms with Crippen LogP contribution in [0.5, 0.6) is 5.75 Å². The Labute approximate surface area is 139 Å². The zero-order chi connectivity index (χ0) is 16.7. The molecule has 0 spiro atoms. The molecule has 0 atom stereocenters. The normalized spacial score (nSPS) is 15.9. The fraction of sp³-hybridized carbons (Fsp3) is 0.611. The summed E-state index contributed by atoms with van der Waals surface area (Å²) in [5, 5.41) is 0. The molecule has 0 saturated carbocycles. The predicted molar refractivity (Wildman–Crippen MR) is 92.7 cm³/mol. The molecule has 0 radical (unpaired) electrons.